The number of hydrogen-bond acceptors (Lipinski definition) is 6. The van der Waals surface area contributed by atoms with Crippen molar-refractivity contribution in [2.75, 3.05) is 25.6 Å². The van der Waals surface area contributed by atoms with Crippen molar-refractivity contribution in [3.05, 3.63) is 17.3 Å². The lowest BCUT2D eigenvalue weighted by Gasteiger charge is -2.16. The first-order chi connectivity index (χ1) is 8.24. The molecular formula is C11H16N4OS. The molecule has 0 aliphatic carbocycles. The van der Waals surface area contributed by atoms with Crippen molar-refractivity contribution in [3.8, 4) is 0 Å². The predicted octanol–water partition coefficient (Wildman–Crippen LogP) is 1.39. The van der Waals surface area contributed by atoms with Gasteiger partial charge in [0.1, 0.15) is 17.0 Å². The van der Waals surface area contributed by atoms with Gasteiger partial charge in [0.25, 0.3) is 0 Å². The van der Waals surface area contributed by atoms with E-state index >= 15 is 0 Å². The molecule has 0 spiro atoms. The first-order valence-corrected chi connectivity index (χ1v) is 6.23. The summed E-state index contributed by atoms with van der Waals surface area (Å²) in [5.74, 6) is 0.826. The van der Waals surface area contributed by atoms with E-state index in [1.807, 2.05) is 0 Å². The third-order valence-corrected chi connectivity index (χ3v) is 3.40. The third-order valence-electron chi connectivity index (χ3n) is 2.45. The van der Waals surface area contributed by atoms with Gasteiger partial charge >= 0.3 is 0 Å². The molecule has 2 aromatic heterocycles. The Morgan fingerprint density at radius 2 is 2.35 bits per heavy atom. The van der Waals surface area contributed by atoms with Gasteiger partial charge in [-0.1, -0.05) is 0 Å². The van der Waals surface area contributed by atoms with Crippen molar-refractivity contribution in [2.45, 2.75) is 13.0 Å². The first-order valence-electron chi connectivity index (χ1n) is 5.41. The molecule has 2 heterocycles. The van der Waals surface area contributed by atoms with Gasteiger partial charge in [0.2, 0.25) is 0 Å². The Hall–Kier alpha value is -1.24. The highest BCUT2D eigenvalue weighted by Crippen LogP contribution is 2.27. The number of nitrogens with one attached hydrogen (secondary N) is 1. The summed E-state index contributed by atoms with van der Waals surface area (Å²) in [5, 5.41) is 4.34. The standard InChI is InChI=1S/C11H16N4OS/c1-7-3-9-10(13-6-14-11(9)17-7)15-8(4-12)5-16-2/h3,6,8H,4-5,12H2,1-2H3,(H,13,14,15). The van der Waals surface area contributed by atoms with Crippen molar-refractivity contribution in [3.63, 3.8) is 0 Å². The van der Waals surface area contributed by atoms with Gasteiger partial charge in [-0.15, -0.1) is 11.3 Å². The van der Waals surface area contributed by atoms with Crippen molar-refractivity contribution < 1.29 is 4.74 Å². The summed E-state index contributed by atoms with van der Waals surface area (Å²) < 4.78 is 5.10. The summed E-state index contributed by atoms with van der Waals surface area (Å²) in [4.78, 5) is 10.7. The molecule has 0 aromatic carbocycles. The summed E-state index contributed by atoms with van der Waals surface area (Å²) in [6, 6.07) is 2.15. The number of hydrogen-bond donors (Lipinski definition) is 2. The molecule has 0 radical (unpaired) electrons. The molecule has 6 heteroatoms. The molecule has 0 aliphatic heterocycles. The second kappa shape index (κ2) is 5.39. The Bertz CT molecular complexity index is 499. The highest BCUT2D eigenvalue weighted by Gasteiger charge is 2.11. The minimum Gasteiger partial charge on any atom is -0.383 e. The van der Waals surface area contributed by atoms with Crippen LogP contribution >= 0.6 is 11.3 Å². The minimum absolute atomic E-state index is 0.0679. The minimum atomic E-state index is 0.0679. The van der Waals surface area contributed by atoms with Crippen LogP contribution in [0.25, 0.3) is 10.2 Å². The van der Waals surface area contributed by atoms with Gasteiger partial charge in [-0.3, -0.25) is 0 Å². The molecule has 2 rings (SSSR count). The van der Waals surface area contributed by atoms with E-state index in [9.17, 15) is 0 Å². The van der Waals surface area contributed by atoms with Crippen LogP contribution in [0.4, 0.5) is 5.82 Å². The topological polar surface area (TPSA) is 73.1 Å². The first kappa shape index (κ1) is 12.2. The van der Waals surface area contributed by atoms with Crippen LogP contribution in [0.2, 0.25) is 0 Å². The Labute approximate surface area is 104 Å². The molecule has 1 atom stereocenters. The third kappa shape index (κ3) is 2.71. The molecule has 0 aliphatic rings. The van der Waals surface area contributed by atoms with Gasteiger partial charge in [0.15, 0.2) is 0 Å². The van der Waals surface area contributed by atoms with Crippen molar-refractivity contribution in [2.24, 2.45) is 5.73 Å². The maximum absolute atomic E-state index is 5.67. The number of ether oxygens (including phenoxy) is 1. The molecule has 0 saturated carbocycles. The zero-order valence-corrected chi connectivity index (χ0v) is 10.8. The zero-order valence-electron chi connectivity index (χ0n) is 9.93. The molecule has 17 heavy (non-hydrogen) atoms. The molecule has 3 N–H and O–H groups in total. The van der Waals surface area contributed by atoms with Gasteiger partial charge in [-0.05, 0) is 13.0 Å². The van der Waals surface area contributed by atoms with E-state index in [1.165, 1.54) is 4.88 Å². The van der Waals surface area contributed by atoms with Crippen LogP contribution in [0.5, 0.6) is 0 Å². The lowest BCUT2D eigenvalue weighted by atomic mass is 10.3. The number of methoxy groups -OCH3 is 1. The van der Waals surface area contributed by atoms with E-state index in [0.717, 1.165) is 16.0 Å². The van der Waals surface area contributed by atoms with Gasteiger partial charge in [0, 0.05) is 18.5 Å². The Kier molecular flexibility index (Phi) is 3.88. The Morgan fingerprint density at radius 1 is 1.53 bits per heavy atom. The monoisotopic (exact) mass is 252 g/mol. The molecule has 1 unspecified atom stereocenters. The van der Waals surface area contributed by atoms with Crippen LogP contribution in [0.3, 0.4) is 0 Å². The number of rotatable bonds is 5. The van der Waals surface area contributed by atoms with Crippen LogP contribution in [-0.4, -0.2) is 36.3 Å². The van der Waals surface area contributed by atoms with Crippen molar-refractivity contribution in [1.29, 1.82) is 0 Å². The zero-order chi connectivity index (χ0) is 12.3. The summed E-state index contributed by atoms with van der Waals surface area (Å²) in [7, 11) is 1.66. The van der Waals surface area contributed by atoms with Gasteiger partial charge in [-0.2, -0.15) is 0 Å². The number of thiophene rings is 1. The average Bonchev–Trinajstić information content (AvgIpc) is 2.70. The van der Waals surface area contributed by atoms with Gasteiger partial charge < -0.3 is 15.8 Å². The molecule has 2 aromatic rings. The van der Waals surface area contributed by atoms with Crippen LogP contribution in [-0.2, 0) is 4.74 Å². The Balaban J connectivity index is 2.28. The van der Waals surface area contributed by atoms with Crippen LogP contribution in [0.1, 0.15) is 4.88 Å². The quantitative estimate of drug-likeness (QED) is 0.841. The highest BCUT2D eigenvalue weighted by molar-refractivity contribution is 7.18. The van der Waals surface area contributed by atoms with Crippen LogP contribution < -0.4 is 11.1 Å². The number of nitrogens with two attached hydrogens (primary N) is 1. The smallest absolute Gasteiger partial charge is 0.138 e. The fourth-order valence-corrected chi connectivity index (χ4v) is 2.50. The van der Waals surface area contributed by atoms with E-state index in [1.54, 1.807) is 24.8 Å². The van der Waals surface area contributed by atoms with Crippen LogP contribution in [0.15, 0.2) is 12.4 Å². The van der Waals surface area contributed by atoms with Gasteiger partial charge in [-0.25, -0.2) is 9.97 Å². The largest absolute Gasteiger partial charge is 0.383 e. The SMILES string of the molecule is COCC(CN)Nc1ncnc2sc(C)cc12. The number of fused-ring (bicyclic) bond motifs is 1. The van der Waals surface area contributed by atoms with E-state index in [0.29, 0.717) is 13.2 Å². The lowest BCUT2D eigenvalue weighted by Crippen LogP contribution is -2.33. The average molecular weight is 252 g/mol. The molecule has 0 saturated heterocycles. The fraction of sp³-hybridized carbons (Fsp3) is 0.455. The normalized spacial score (nSPS) is 12.9. The van der Waals surface area contributed by atoms with Gasteiger partial charge in [0.05, 0.1) is 18.0 Å². The summed E-state index contributed by atoms with van der Waals surface area (Å²) in [6.45, 7) is 3.12. The maximum Gasteiger partial charge on any atom is 0.138 e. The molecular weight excluding hydrogens is 236 g/mol. The van der Waals surface area contributed by atoms with E-state index < -0.39 is 0 Å². The highest BCUT2D eigenvalue weighted by atomic mass is 32.1. The number of nitrogens with zero attached hydrogens (tertiary/aromatic N) is 2. The molecule has 5 nitrogen and oxygen atoms in total. The van der Waals surface area contributed by atoms with E-state index in [-0.39, 0.29) is 6.04 Å². The molecule has 0 amide bonds. The van der Waals surface area contributed by atoms with Crippen molar-refractivity contribution >= 4 is 27.4 Å². The second-order valence-electron chi connectivity index (χ2n) is 3.83. The predicted molar refractivity (Wildman–Crippen MR) is 70.5 cm³/mol. The summed E-state index contributed by atoms with van der Waals surface area (Å²) in [6.07, 6.45) is 1.57. The molecule has 0 fully saturated rings. The summed E-state index contributed by atoms with van der Waals surface area (Å²) in [5.41, 5.74) is 5.67. The molecule has 92 valence electrons. The van der Waals surface area contributed by atoms with Crippen molar-refractivity contribution in [1.82, 2.24) is 9.97 Å². The Morgan fingerprint density at radius 3 is 3.06 bits per heavy atom. The van der Waals surface area contributed by atoms with E-state index in [2.05, 4.69) is 28.3 Å². The molecule has 0 bridgehead atoms. The second-order valence-corrected chi connectivity index (χ2v) is 5.07. The number of anilines is 1. The maximum atomic E-state index is 5.67. The fourth-order valence-electron chi connectivity index (χ4n) is 1.65. The number of aryl methyl sites for hydroxylation is 1. The lowest BCUT2D eigenvalue weighted by molar-refractivity contribution is 0.187. The number of aromatic nitrogens is 2. The van der Waals surface area contributed by atoms with E-state index in [4.69, 9.17) is 10.5 Å². The van der Waals surface area contributed by atoms with Crippen LogP contribution in [0, 0.1) is 6.92 Å². The summed E-state index contributed by atoms with van der Waals surface area (Å²) >= 11 is 1.66.